The van der Waals surface area contributed by atoms with Crippen LogP contribution < -0.4 is 15.2 Å². The van der Waals surface area contributed by atoms with Gasteiger partial charge >= 0.3 is 0 Å². The summed E-state index contributed by atoms with van der Waals surface area (Å²) in [6.45, 7) is 0. The van der Waals surface area contributed by atoms with Crippen molar-refractivity contribution in [3.05, 3.63) is 54.2 Å². The van der Waals surface area contributed by atoms with Crippen LogP contribution in [0.1, 0.15) is 10.5 Å². The quantitative estimate of drug-likeness (QED) is 0.755. The van der Waals surface area contributed by atoms with Gasteiger partial charge in [-0.25, -0.2) is 4.98 Å². The Kier molecular flexibility index (Phi) is 4.20. The lowest BCUT2D eigenvalue weighted by Crippen LogP contribution is -2.12. The third kappa shape index (κ3) is 2.94. The number of primary amides is 1. The number of ether oxygens (including phenoxy) is 2. The van der Waals surface area contributed by atoms with Crippen molar-refractivity contribution < 1.29 is 14.3 Å². The third-order valence-electron chi connectivity index (χ3n) is 3.66. The summed E-state index contributed by atoms with van der Waals surface area (Å²) in [6.07, 6.45) is 0. The number of methoxy groups -OCH3 is 2. The zero-order valence-electron chi connectivity index (χ0n) is 13.4. The van der Waals surface area contributed by atoms with Crippen molar-refractivity contribution in [1.29, 1.82) is 0 Å². The lowest BCUT2D eigenvalue weighted by atomic mass is 10.1. The monoisotopic (exact) mass is 323 g/mol. The van der Waals surface area contributed by atoms with E-state index in [1.54, 1.807) is 26.4 Å². The Balaban J connectivity index is 2.08. The van der Waals surface area contributed by atoms with Gasteiger partial charge in [-0.2, -0.15) is 0 Å². The molecule has 24 heavy (non-hydrogen) atoms. The summed E-state index contributed by atoms with van der Waals surface area (Å²) in [4.78, 5) is 19.3. The number of rotatable bonds is 5. The average Bonchev–Trinajstić information content (AvgIpc) is 3.07. The summed E-state index contributed by atoms with van der Waals surface area (Å²) < 4.78 is 10.4. The second-order valence-corrected chi connectivity index (χ2v) is 5.13. The van der Waals surface area contributed by atoms with Crippen molar-refractivity contribution in [3.8, 4) is 34.1 Å². The number of hydrogen-bond donors (Lipinski definition) is 2. The van der Waals surface area contributed by atoms with Crippen LogP contribution in [0.15, 0.2) is 48.5 Å². The summed E-state index contributed by atoms with van der Waals surface area (Å²) >= 11 is 0. The number of carbonyl (C=O) groups excluding carboxylic acids is 1. The van der Waals surface area contributed by atoms with Gasteiger partial charge in [-0.1, -0.05) is 12.1 Å². The molecule has 3 aromatic rings. The van der Waals surface area contributed by atoms with Crippen LogP contribution in [0, 0.1) is 0 Å². The van der Waals surface area contributed by atoms with Gasteiger partial charge in [0, 0.05) is 11.1 Å². The fourth-order valence-electron chi connectivity index (χ4n) is 2.42. The molecule has 122 valence electrons. The van der Waals surface area contributed by atoms with E-state index in [0.29, 0.717) is 17.3 Å². The predicted molar refractivity (Wildman–Crippen MR) is 91.1 cm³/mol. The second kappa shape index (κ2) is 6.45. The maximum Gasteiger partial charge on any atom is 0.267 e. The van der Waals surface area contributed by atoms with Gasteiger partial charge in [0.25, 0.3) is 5.91 Å². The van der Waals surface area contributed by atoms with E-state index in [2.05, 4.69) is 9.97 Å². The van der Waals surface area contributed by atoms with Gasteiger partial charge in [0.1, 0.15) is 28.7 Å². The van der Waals surface area contributed by atoms with Crippen LogP contribution in [-0.2, 0) is 0 Å². The van der Waals surface area contributed by atoms with Crippen molar-refractivity contribution in [3.63, 3.8) is 0 Å². The molecule has 1 amide bonds. The Labute approximate surface area is 139 Å². The van der Waals surface area contributed by atoms with Crippen LogP contribution in [-0.4, -0.2) is 30.1 Å². The van der Waals surface area contributed by atoms with E-state index < -0.39 is 5.91 Å². The van der Waals surface area contributed by atoms with E-state index in [4.69, 9.17) is 15.2 Å². The number of nitrogens with zero attached hydrogens (tertiary/aromatic N) is 1. The molecular formula is C18H17N3O3. The van der Waals surface area contributed by atoms with Crippen LogP contribution in [0.4, 0.5) is 0 Å². The van der Waals surface area contributed by atoms with Crippen molar-refractivity contribution in [2.75, 3.05) is 14.2 Å². The first-order valence-electron chi connectivity index (χ1n) is 7.31. The molecule has 0 radical (unpaired) electrons. The Morgan fingerprint density at radius 2 is 1.71 bits per heavy atom. The van der Waals surface area contributed by atoms with E-state index in [1.807, 2.05) is 36.4 Å². The molecule has 3 rings (SSSR count). The summed E-state index contributed by atoms with van der Waals surface area (Å²) in [7, 11) is 3.19. The first-order chi connectivity index (χ1) is 11.6. The summed E-state index contributed by atoms with van der Waals surface area (Å²) in [6, 6.07) is 14.7. The number of benzene rings is 2. The first kappa shape index (κ1) is 15.6. The fourth-order valence-corrected chi connectivity index (χ4v) is 2.42. The molecule has 0 aliphatic carbocycles. The minimum absolute atomic E-state index is 0.262. The van der Waals surface area contributed by atoms with Crippen LogP contribution in [0.3, 0.4) is 0 Å². The normalized spacial score (nSPS) is 10.4. The highest BCUT2D eigenvalue weighted by Crippen LogP contribution is 2.28. The van der Waals surface area contributed by atoms with E-state index >= 15 is 0 Å². The van der Waals surface area contributed by atoms with E-state index in [1.165, 1.54) is 0 Å². The number of amides is 1. The minimum atomic E-state index is -0.567. The minimum Gasteiger partial charge on any atom is -0.497 e. The maximum atomic E-state index is 11.8. The summed E-state index contributed by atoms with van der Waals surface area (Å²) in [5.41, 5.74) is 7.84. The number of nitrogens with two attached hydrogens (primary N) is 1. The SMILES string of the molecule is COc1ccc(-c2nc(-c3cccc(OC)c3)[nH]c2C(N)=O)cc1. The summed E-state index contributed by atoms with van der Waals surface area (Å²) in [5, 5.41) is 0. The van der Waals surface area contributed by atoms with Gasteiger partial charge in [0.2, 0.25) is 0 Å². The molecule has 0 aliphatic rings. The molecule has 1 aromatic heterocycles. The maximum absolute atomic E-state index is 11.8. The van der Waals surface area contributed by atoms with E-state index in [9.17, 15) is 4.79 Å². The smallest absolute Gasteiger partial charge is 0.267 e. The van der Waals surface area contributed by atoms with Crippen LogP contribution in [0.2, 0.25) is 0 Å². The molecule has 1 heterocycles. The zero-order valence-corrected chi connectivity index (χ0v) is 13.4. The topological polar surface area (TPSA) is 90.2 Å². The fraction of sp³-hybridized carbons (Fsp3) is 0.111. The van der Waals surface area contributed by atoms with Gasteiger partial charge in [0.05, 0.1) is 14.2 Å². The van der Waals surface area contributed by atoms with Crippen LogP contribution >= 0.6 is 0 Å². The Morgan fingerprint density at radius 1 is 1.00 bits per heavy atom. The Hall–Kier alpha value is -3.28. The Bertz CT molecular complexity index is 869. The predicted octanol–water partition coefficient (Wildman–Crippen LogP) is 2.86. The van der Waals surface area contributed by atoms with Crippen LogP contribution in [0.5, 0.6) is 11.5 Å². The van der Waals surface area contributed by atoms with Crippen LogP contribution in [0.25, 0.3) is 22.6 Å². The average molecular weight is 323 g/mol. The van der Waals surface area contributed by atoms with Crippen molar-refractivity contribution in [2.24, 2.45) is 5.73 Å². The molecule has 0 bridgehead atoms. The number of nitrogens with one attached hydrogen (secondary N) is 1. The van der Waals surface area contributed by atoms with Gasteiger partial charge in [-0.05, 0) is 36.4 Å². The molecule has 2 aromatic carbocycles. The molecule has 0 atom stereocenters. The van der Waals surface area contributed by atoms with Gasteiger partial charge in [-0.15, -0.1) is 0 Å². The molecule has 0 spiro atoms. The molecule has 0 saturated heterocycles. The third-order valence-corrected chi connectivity index (χ3v) is 3.66. The number of hydrogen-bond acceptors (Lipinski definition) is 4. The zero-order chi connectivity index (χ0) is 17.1. The lowest BCUT2D eigenvalue weighted by Gasteiger charge is -2.02. The molecule has 6 nitrogen and oxygen atoms in total. The lowest BCUT2D eigenvalue weighted by molar-refractivity contribution is 0.0997. The molecule has 3 N–H and O–H groups in total. The largest absolute Gasteiger partial charge is 0.497 e. The number of aromatic amines is 1. The molecule has 0 unspecified atom stereocenters. The second-order valence-electron chi connectivity index (χ2n) is 5.13. The molecule has 0 saturated carbocycles. The highest BCUT2D eigenvalue weighted by Gasteiger charge is 2.17. The number of imidazole rings is 1. The van der Waals surface area contributed by atoms with Crippen molar-refractivity contribution >= 4 is 5.91 Å². The van der Waals surface area contributed by atoms with E-state index in [-0.39, 0.29) is 5.69 Å². The molecule has 0 fully saturated rings. The summed E-state index contributed by atoms with van der Waals surface area (Å²) in [5.74, 6) is 1.41. The number of carbonyl (C=O) groups is 1. The first-order valence-corrected chi connectivity index (χ1v) is 7.31. The van der Waals surface area contributed by atoms with Crippen molar-refractivity contribution in [1.82, 2.24) is 9.97 Å². The van der Waals surface area contributed by atoms with Gasteiger partial charge < -0.3 is 20.2 Å². The Morgan fingerprint density at radius 3 is 2.33 bits per heavy atom. The standard InChI is InChI=1S/C18H17N3O3/c1-23-13-8-6-11(7-9-13)15-16(17(19)22)21-18(20-15)12-4-3-5-14(10-12)24-2/h3-10H,1-2H3,(H2,19,22)(H,20,21). The molecule has 6 heteroatoms. The number of H-pyrrole nitrogens is 1. The van der Waals surface area contributed by atoms with E-state index in [0.717, 1.165) is 16.9 Å². The highest BCUT2D eigenvalue weighted by molar-refractivity contribution is 5.98. The van der Waals surface area contributed by atoms with Crippen molar-refractivity contribution in [2.45, 2.75) is 0 Å². The molecular weight excluding hydrogens is 306 g/mol. The van der Waals surface area contributed by atoms with Gasteiger partial charge in [-0.3, -0.25) is 4.79 Å². The number of aromatic nitrogens is 2. The van der Waals surface area contributed by atoms with Gasteiger partial charge in [0.15, 0.2) is 0 Å². The highest BCUT2D eigenvalue weighted by atomic mass is 16.5. The molecule has 0 aliphatic heterocycles.